The van der Waals surface area contributed by atoms with Crippen LogP contribution < -0.4 is 19.9 Å². The molecule has 1 unspecified atom stereocenters. The molecule has 3 aromatic carbocycles. The first kappa shape index (κ1) is 24.2. The van der Waals surface area contributed by atoms with Gasteiger partial charge in [-0.05, 0) is 60.2 Å². The molecular weight excluding hydrogens is 455 g/mol. The Morgan fingerprint density at radius 2 is 1.71 bits per heavy atom. The van der Waals surface area contributed by atoms with Crippen LogP contribution in [0.1, 0.15) is 11.1 Å². The lowest BCUT2D eigenvalue weighted by Crippen LogP contribution is -2.52. The Labute approximate surface area is 202 Å². The van der Waals surface area contributed by atoms with Crippen molar-refractivity contribution in [1.82, 2.24) is 5.32 Å². The minimum Gasteiger partial charge on any atom is -0.497 e. The summed E-state index contributed by atoms with van der Waals surface area (Å²) in [4.78, 5) is 16.1. The van der Waals surface area contributed by atoms with Crippen molar-refractivity contribution in [3.8, 4) is 5.75 Å². The molecule has 1 N–H and O–H groups in total. The van der Waals surface area contributed by atoms with E-state index in [0.29, 0.717) is 25.3 Å². The van der Waals surface area contributed by atoms with Gasteiger partial charge in [0, 0.05) is 25.3 Å². The largest absolute Gasteiger partial charge is 0.497 e. The maximum Gasteiger partial charge on any atom is 0.416 e. The first-order chi connectivity index (χ1) is 16.8. The fraction of sp³-hybridized carbons (Fsp3) is 0.222. The number of hydrogen-bond acceptors (Lipinski definition) is 4. The van der Waals surface area contributed by atoms with E-state index in [1.54, 1.807) is 7.11 Å². The number of benzene rings is 3. The molecule has 0 aliphatic carbocycles. The molecule has 1 aliphatic heterocycles. The van der Waals surface area contributed by atoms with Crippen LogP contribution in [0, 0.1) is 0 Å². The van der Waals surface area contributed by atoms with Crippen LogP contribution in [0.15, 0.2) is 85.5 Å². The molecule has 1 amide bonds. The number of anilines is 3. The average Bonchev–Trinajstić information content (AvgIpc) is 2.87. The zero-order valence-electron chi connectivity index (χ0n) is 19.3. The third kappa shape index (κ3) is 5.42. The molecule has 0 radical (unpaired) electrons. The van der Waals surface area contributed by atoms with Crippen molar-refractivity contribution in [2.45, 2.75) is 18.8 Å². The van der Waals surface area contributed by atoms with Crippen molar-refractivity contribution in [2.24, 2.45) is 0 Å². The molecule has 4 rings (SSSR count). The molecule has 1 heterocycles. The molecule has 0 saturated carbocycles. The fourth-order valence-electron chi connectivity index (χ4n) is 4.22. The minimum absolute atomic E-state index is 0.154. The molecule has 8 heteroatoms. The van der Waals surface area contributed by atoms with Crippen molar-refractivity contribution in [1.29, 1.82) is 0 Å². The molecule has 182 valence electrons. The van der Waals surface area contributed by atoms with Gasteiger partial charge in [-0.25, -0.2) is 0 Å². The summed E-state index contributed by atoms with van der Waals surface area (Å²) in [5, 5.41) is 2.87. The van der Waals surface area contributed by atoms with E-state index in [1.807, 2.05) is 53.4 Å². The first-order valence-corrected chi connectivity index (χ1v) is 11.1. The molecule has 0 aromatic heterocycles. The van der Waals surface area contributed by atoms with Gasteiger partial charge in [-0.2, -0.15) is 13.2 Å². The normalized spacial score (nSPS) is 15.4. The second-order valence-corrected chi connectivity index (χ2v) is 8.22. The number of hydrogen-bond donors (Lipinski definition) is 1. The summed E-state index contributed by atoms with van der Waals surface area (Å²) in [6.45, 7) is 4.90. The highest BCUT2D eigenvalue weighted by Crippen LogP contribution is 2.41. The van der Waals surface area contributed by atoms with E-state index < -0.39 is 11.7 Å². The summed E-state index contributed by atoms with van der Waals surface area (Å²) >= 11 is 0. The lowest BCUT2D eigenvalue weighted by molar-refractivity contribution is -0.137. The summed E-state index contributed by atoms with van der Waals surface area (Å²) in [7, 11) is 1.62. The number of nitrogens with one attached hydrogen (secondary N) is 1. The number of nitrogens with zero attached hydrogens (tertiary/aromatic N) is 2. The molecular formula is C27H26F3N3O2. The monoisotopic (exact) mass is 481 g/mol. The predicted molar refractivity (Wildman–Crippen MR) is 131 cm³/mol. The highest BCUT2D eigenvalue weighted by Gasteiger charge is 2.33. The van der Waals surface area contributed by atoms with E-state index in [1.165, 1.54) is 18.2 Å². The number of ether oxygens (including phenoxy) is 1. The number of carbonyl (C=O) groups is 1. The second-order valence-electron chi connectivity index (χ2n) is 8.22. The van der Waals surface area contributed by atoms with Crippen molar-refractivity contribution < 1.29 is 22.7 Å². The second kappa shape index (κ2) is 10.1. The Kier molecular flexibility index (Phi) is 7.00. The van der Waals surface area contributed by atoms with Crippen molar-refractivity contribution in [2.75, 3.05) is 30.0 Å². The summed E-state index contributed by atoms with van der Waals surface area (Å²) in [6.07, 6.45) is -3.18. The number of fused-ring (bicyclic) bond motifs is 1. The summed E-state index contributed by atoms with van der Waals surface area (Å²) in [5.74, 6) is 0.477. The van der Waals surface area contributed by atoms with Crippen LogP contribution in [0.5, 0.6) is 5.75 Å². The van der Waals surface area contributed by atoms with Gasteiger partial charge in [0.2, 0.25) is 5.91 Å². The topological polar surface area (TPSA) is 44.8 Å². The first-order valence-electron chi connectivity index (χ1n) is 11.1. The van der Waals surface area contributed by atoms with Gasteiger partial charge < -0.3 is 19.9 Å². The van der Waals surface area contributed by atoms with Crippen LogP contribution in [0.25, 0.3) is 0 Å². The standard InChI is InChI=1S/C27H26F3N3O2/c1-3-26(34)31-16-22-18-33(21-12-10-20(11-13-21)27(28,29)30)25-7-5-4-6-24(25)32(22)17-19-8-14-23(35-2)15-9-19/h3-15,22H,1,16-18H2,2H3,(H,31,34). The van der Waals surface area contributed by atoms with Crippen molar-refractivity contribution in [3.05, 3.63) is 96.6 Å². The molecule has 1 atom stereocenters. The smallest absolute Gasteiger partial charge is 0.416 e. The van der Waals surface area contributed by atoms with Crippen molar-refractivity contribution >= 4 is 23.0 Å². The van der Waals surface area contributed by atoms with Crippen LogP contribution in [0.4, 0.5) is 30.2 Å². The van der Waals surface area contributed by atoms with Crippen molar-refractivity contribution in [3.63, 3.8) is 0 Å². The Balaban J connectivity index is 1.70. The number of rotatable bonds is 7. The lowest BCUT2D eigenvalue weighted by atomic mass is 10.0. The maximum atomic E-state index is 13.1. The number of amides is 1. The summed E-state index contributed by atoms with van der Waals surface area (Å²) in [5.41, 5.74) is 2.82. The molecule has 3 aromatic rings. The number of methoxy groups -OCH3 is 1. The quantitative estimate of drug-likeness (QED) is 0.450. The molecule has 0 saturated heterocycles. The number of carbonyl (C=O) groups excluding carboxylic acids is 1. The Bertz CT molecular complexity index is 1180. The van der Waals surface area contributed by atoms with Crippen LogP contribution in [0.3, 0.4) is 0 Å². The SMILES string of the molecule is C=CC(=O)NCC1CN(c2ccc(C(F)(F)F)cc2)c2ccccc2N1Cc1ccc(OC)cc1. The molecule has 35 heavy (non-hydrogen) atoms. The van der Waals surface area contributed by atoms with E-state index in [4.69, 9.17) is 4.74 Å². The fourth-order valence-corrected chi connectivity index (χ4v) is 4.22. The van der Waals surface area contributed by atoms with Gasteiger partial charge >= 0.3 is 6.18 Å². The van der Waals surface area contributed by atoms with Crippen LogP contribution in [-0.2, 0) is 17.5 Å². The Morgan fingerprint density at radius 3 is 2.31 bits per heavy atom. The van der Waals surface area contributed by atoms with E-state index in [-0.39, 0.29) is 11.9 Å². The predicted octanol–water partition coefficient (Wildman–Crippen LogP) is 5.54. The summed E-state index contributed by atoms with van der Waals surface area (Å²) in [6, 6.07) is 20.5. The molecule has 0 spiro atoms. The zero-order chi connectivity index (χ0) is 25.0. The van der Waals surface area contributed by atoms with E-state index in [0.717, 1.165) is 34.8 Å². The van der Waals surface area contributed by atoms with E-state index in [9.17, 15) is 18.0 Å². The van der Waals surface area contributed by atoms with E-state index in [2.05, 4.69) is 16.8 Å². The number of halogens is 3. The van der Waals surface area contributed by atoms with Gasteiger partial charge in [0.1, 0.15) is 5.75 Å². The van der Waals surface area contributed by atoms with Gasteiger partial charge in [-0.3, -0.25) is 4.79 Å². The third-order valence-electron chi connectivity index (χ3n) is 6.03. The van der Waals surface area contributed by atoms with Crippen LogP contribution in [0.2, 0.25) is 0 Å². The van der Waals surface area contributed by atoms with E-state index >= 15 is 0 Å². The average molecular weight is 482 g/mol. The van der Waals surface area contributed by atoms with Gasteiger partial charge in [-0.15, -0.1) is 0 Å². The zero-order valence-corrected chi connectivity index (χ0v) is 19.3. The lowest BCUT2D eigenvalue weighted by Gasteiger charge is -2.45. The summed E-state index contributed by atoms with van der Waals surface area (Å²) < 4.78 is 44.6. The maximum absolute atomic E-state index is 13.1. The highest BCUT2D eigenvalue weighted by atomic mass is 19.4. The van der Waals surface area contributed by atoms with Gasteiger partial charge in [0.25, 0.3) is 0 Å². The van der Waals surface area contributed by atoms with Gasteiger partial charge in [-0.1, -0.05) is 30.8 Å². The van der Waals surface area contributed by atoms with Gasteiger partial charge in [0.15, 0.2) is 0 Å². The highest BCUT2D eigenvalue weighted by molar-refractivity contribution is 5.87. The Hall–Kier alpha value is -3.94. The Morgan fingerprint density at radius 1 is 1.06 bits per heavy atom. The number of para-hydroxylation sites is 2. The van der Waals surface area contributed by atoms with Gasteiger partial charge in [0.05, 0.1) is 30.1 Å². The van der Waals surface area contributed by atoms with Crippen LogP contribution >= 0.6 is 0 Å². The number of alkyl halides is 3. The molecule has 0 bridgehead atoms. The minimum atomic E-state index is -4.40. The van der Waals surface area contributed by atoms with Crippen LogP contribution in [-0.4, -0.2) is 32.1 Å². The molecule has 0 fully saturated rings. The molecule has 1 aliphatic rings. The molecule has 5 nitrogen and oxygen atoms in total. The third-order valence-corrected chi connectivity index (χ3v) is 6.03.